The van der Waals surface area contributed by atoms with Gasteiger partial charge in [-0.2, -0.15) is 0 Å². The number of hydrogen-bond acceptors (Lipinski definition) is 1. The molecule has 4 aliphatic rings. The highest BCUT2D eigenvalue weighted by molar-refractivity contribution is 5.23. The molecular weight excluding hydrogens is 280 g/mol. The minimum atomic E-state index is 0.169. The Morgan fingerprint density at radius 1 is 0.957 bits per heavy atom. The first kappa shape index (κ1) is 16.2. The van der Waals surface area contributed by atoms with Gasteiger partial charge in [0, 0.05) is 7.11 Å². The largest absolute Gasteiger partial charge is 0.379 e. The molecule has 0 aromatic carbocycles. The van der Waals surface area contributed by atoms with Crippen molar-refractivity contribution in [2.24, 2.45) is 35.0 Å². The van der Waals surface area contributed by atoms with Gasteiger partial charge in [0.1, 0.15) is 0 Å². The molecule has 4 saturated carbocycles. The van der Waals surface area contributed by atoms with Crippen LogP contribution in [0, 0.1) is 35.0 Å². The van der Waals surface area contributed by atoms with Crippen LogP contribution in [0.4, 0.5) is 0 Å². The molecule has 0 aliphatic heterocycles. The van der Waals surface area contributed by atoms with Gasteiger partial charge in [0.05, 0.1) is 5.60 Å². The van der Waals surface area contributed by atoms with Crippen molar-refractivity contribution < 1.29 is 4.74 Å². The predicted octanol–water partition coefficient (Wildman–Crippen LogP) is 5.99. The average Bonchev–Trinajstić information content (AvgIpc) is 2.90. The Kier molecular flexibility index (Phi) is 3.95. The molecule has 4 rings (SSSR count). The molecule has 0 radical (unpaired) electrons. The molecule has 7 atom stereocenters. The summed E-state index contributed by atoms with van der Waals surface area (Å²) in [4.78, 5) is 0. The van der Waals surface area contributed by atoms with E-state index in [0.29, 0.717) is 5.41 Å². The molecular formula is C22H36O. The molecule has 0 spiro atoms. The van der Waals surface area contributed by atoms with Crippen molar-refractivity contribution in [2.45, 2.75) is 84.2 Å². The Labute approximate surface area is 143 Å². The molecule has 0 aromatic heterocycles. The fourth-order valence-corrected chi connectivity index (χ4v) is 7.57. The monoisotopic (exact) mass is 316 g/mol. The van der Waals surface area contributed by atoms with Crippen molar-refractivity contribution in [2.75, 3.05) is 7.11 Å². The summed E-state index contributed by atoms with van der Waals surface area (Å²) < 4.78 is 5.87. The summed E-state index contributed by atoms with van der Waals surface area (Å²) in [6.45, 7) is 7.23. The summed E-state index contributed by atoms with van der Waals surface area (Å²) in [6, 6.07) is 0. The van der Waals surface area contributed by atoms with Gasteiger partial charge in [0.15, 0.2) is 0 Å². The zero-order chi connectivity index (χ0) is 16.2. The quantitative estimate of drug-likeness (QED) is 0.540. The minimum absolute atomic E-state index is 0.169. The Hall–Kier alpha value is -0.300. The second-order valence-electron chi connectivity index (χ2n) is 9.64. The van der Waals surface area contributed by atoms with Crippen molar-refractivity contribution in [3.63, 3.8) is 0 Å². The highest BCUT2D eigenvalue weighted by atomic mass is 16.5. The number of ether oxygens (including phenoxy) is 1. The number of allylic oxidation sites excluding steroid dienone is 2. The van der Waals surface area contributed by atoms with Gasteiger partial charge in [-0.25, -0.2) is 0 Å². The van der Waals surface area contributed by atoms with Gasteiger partial charge in [-0.1, -0.05) is 18.6 Å². The fourth-order valence-electron chi connectivity index (χ4n) is 7.57. The maximum absolute atomic E-state index is 5.87. The van der Waals surface area contributed by atoms with Crippen molar-refractivity contribution in [1.82, 2.24) is 0 Å². The molecule has 0 saturated heterocycles. The van der Waals surface area contributed by atoms with E-state index in [1.807, 2.05) is 7.11 Å². The Bertz CT molecular complexity index is 494. The fraction of sp³-hybridized carbons (Fsp3) is 0.909. The summed E-state index contributed by atoms with van der Waals surface area (Å²) >= 11 is 0. The second-order valence-corrected chi connectivity index (χ2v) is 9.64. The van der Waals surface area contributed by atoms with Crippen LogP contribution >= 0.6 is 0 Å². The lowest BCUT2D eigenvalue weighted by Gasteiger charge is -2.56. The van der Waals surface area contributed by atoms with Crippen LogP contribution in [0.5, 0.6) is 0 Å². The Morgan fingerprint density at radius 3 is 2.48 bits per heavy atom. The van der Waals surface area contributed by atoms with Crippen LogP contribution in [0.1, 0.15) is 78.6 Å². The SMILES string of the molecule is CC=C1CC[C@H]2[C@@H]3CC[C@H]4CC(C)(OC)CC[C@@H]4[C@H]3CC[C@]12C. The van der Waals surface area contributed by atoms with E-state index >= 15 is 0 Å². The number of rotatable bonds is 1. The molecule has 1 nitrogen and oxygen atoms in total. The van der Waals surface area contributed by atoms with Crippen LogP contribution in [0.15, 0.2) is 11.6 Å². The summed E-state index contributed by atoms with van der Waals surface area (Å²) in [7, 11) is 1.93. The van der Waals surface area contributed by atoms with Gasteiger partial charge in [-0.3, -0.25) is 0 Å². The van der Waals surface area contributed by atoms with E-state index in [9.17, 15) is 0 Å². The van der Waals surface area contributed by atoms with Crippen molar-refractivity contribution >= 4 is 0 Å². The van der Waals surface area contributed by atoms with Crippen molar-refractivity contribution in [3.8, 4) is 0 Å². The van der Waals surface area contributed by atoms with E-state index in [0.717, 1.165) is 29.6 Å². The molecule has 1 unspecified atom stereocenters. The highest BCUT2D eigenvalue weighted by Crippen LogP contribution is 2.64. The molecule has 0 aromatic rings. The molecule has 0 heterocycles. The first-order valence-electron chi connectivity index (χ1n) is 10.2. The standard InChI is InChI=1S/C22H36O/c1-5-16-7-9-20-19-8-6-15-14-21(2,23-4)12-10-17(15)18(19)11-13-22(16,20)3/h5,15,17-20H,6-14H2,1-4H3/t15-,17-,18+,19+,20-,21?,22+/m0/s1. The van der Waals surface area contributed by atoms with Gasteiger partial charge in [-0.05, 0) is 107 Å². The van der Waals surface area contributed by atoms with Gasteiger partial charge in [0.25, 0.3) is 0 Å². The Morgan fingerprint density at radius 2 is 1.74 bits per heavy atom. The molecule has 0 bridgehead atoms. The molecule has 0 N–H and O–H groups in total. The third-order valence-corrected chi connectivity index (χ3v) is 8.91. The van der Waals surface area contributed by atoms with E-state index in [-0.39, 0.29) is 5.60 Å². The summed E-state index contributed by atoms with van der Waals surface area (Å²) in [5.74, 6) is 5.01. The van der Waals surface area contributed by atoms with Crippen LogP contribution in [0.25, 0.3) is 0 Å². The number of methoxy groups -OCH3 is 1. The first-order valence-corrected chi connectivity index (χ1v) is 10.2. The second kappa shape index (κ2) is 5.61. The lowest BCUT2D eigenvalue weighted by molar-refractivity contribution is -0.104. The van der Waals surface area contributed by atoms with Gasteiger partial charge < -0.3 is 4.74 Å². The molecule has 0 amide bonds. The molecule has 4 fully saturated rings. The topological polar surface area (TPSA) is 9.23 Å². The molecule has 1 heteroatoms. The zero-order valence-electron chi connectivity index (χ0n) is 15.7. The van der Waals surface area contributed by atoms with Crippen LogP contribution in [-0.4, -0.2) is 12.7 Å². The minimum Gasteiger partial charge on any atom is -0.379 e. The van der Waals surface area contributed by atoms with Crippen LogP contribution in [0.3, 0.4) is 0 Å². The maximum atomic E-state index is 5.87. The van der Waals surface area contributed by atoms with E-state index in [2.05, 4.69) is 26.8 Å². The maximum Gasteiger partial charge on any atom is 0.0653 e. The first-order chi connectivity index (χ1) is 11.0. The lowest BCUT2D eigenvalue weighted by atomic mass is 9.49. The highest BCUT2D eigenvalue weighted by Gasteiger charge is 2.55. The summed E-state index contributed by atoms with van der Waals surface area (Å²) in [5, 5.41) is 0. The van der Waals surface area contributed by atoms with Crippen molar-refractivity contribution in [3.05, 3.63) is 11.6 Å². The van der Waals surface area contributed by atoms with E-state index < -0.39 is 0 Å². The molecule has 23 heavy (non-hydrogen) atoms. The third kappa shape index (κ3) is 2.36. The number of hydrogen-bond donors (Lipinski definition) is 0. The van der Waals surface area contributed by atoms with Crippen LogP contribution in [0.2, 0.25) is 0 Å². The molecule has 4 aliphatic carbocycles. The van der Waals surface area contributed by atoms with E-state index in [1.165, 1.54) is 57.8 Å². The van der Waals surface area contributed by atoms with Gasteiger partial charge in [-0.15, -0.1) is 0 Å². The van der Waals surface area contributed by atoms with Crippen LogP contribution in [-0.2, 0) is 4.74 Å². The zero-order valence-corrected chi connectivity index (χ0v) is 15.7. The van der Waals surface area contributed by atoms with Gasteiger partial charge >= 0.3 is 0 Å². The van der Waals surface area contributed by atoms with Crippen LogP contribution < -0.4 is 0 Å². The van der Waals surface area contributed by atoms with Crippen molar-refractivity contribution in [1.29, 1.82) is 0 Å². The third-order valence-electron chi connectivity index (χ3n) is 8.91. The lowest BCUT2D eigenvalue weighted by Crippen LogP contribution is -2.50. The Balaban J connectivity index is 1.55. The predicted molar refractivity (Wildman–Crippen MR) is 96.3 cm³/mol. The smallest absolute Gasteiger partial charge is 0.0653 e. The van der Waals surface area contributed by atoms with E-state index in [4.69, 9.17) is 4.74 Å². The summed E-state index contributed by atoms with van der Waals surface area (Å²) in [6.07, 6.45) is 15.3. The molecule has 130 valence electrons. The average molecular weight is 317 g/mol. The van der Waals surface area contributed by atoms with Gasteiger partial charge in [0.2, 0.25) is 0 Å². The normalized spacial score (nSPS) is 54.4. The summed E-state index contributed by atoms with van der Waals surface area (Å²) in [5.41, 5.74) is 2.51. The number of fused-ring (bicyclic) bond motifs is 5. The van der Waals surface area contributed by atoms with E-state index in [1.54, 1.807) is 5.57 Å².